The van der Waals surface area contributed by atoms with Gasteiger partial charge in [0.05, 0.1) is 28.6 Å². The topological polar surface area (TPSA) is 107 Å². The van der Waals surface area contributed by atoms with Crippen molar-refractivity contribution in [1.29, 1.82) is 5.26 Å². The van der Waals surface area contributed by atoms with Gasteiger partial charge in [-0.05, 0) is 60.2 Å². The second-order valence-electron chi connectivity index (χ2n) is 8.34. The molecular weight excluding hydrogens is 526 g/mol. The van der Waals surface area contributed by atoms with Crippen LogP contribution in [0, 0.1) is 17.1 Å². The lowest BCUT2D eigenvalue weighted by Crippen LogP contribution is -2.47. The van der Waals surface area contributed by atoms with E-state index in [1.165, 1.54) is 12.1 Å². The summed E-state index contributed by atoms with van der Waals surface area (Å²) in [6, 6.07) is 7.96. The Hall–Kier alpha value is -3.89. The minimum absolute atomic E-state index is 0.00713. The molecule has 0 spiro atoms. The van der Waals surface area contributed by atoms with Crippen LogP contribution in [-0.4, -0.2) is 54.6 Å². The molecule has 2 aliphatic rings. The van der Waals surface area contributed by atoms with Crippen molar-refractivity contribution in [2.75, 3.05) is 32.7 Å². The number of carbonyl (C=O) groups is 2. The van der Waals surface area contributed by atoms with Gasteiger partial charge in [0.1, 0.15) is 5.75 Å². The number of thioether (sulfide) groups is 1. The fraction of sp³-hybridized carbons (Fsp3) is 0.280. The Morgan fingerprint density at radius 2 is 1.97 bits per heavy atom. The van der Waals surface area contributed by atoms with Gasteiger partial charge in [-0.2, -0.15) is 18.4 Å². The summed E-state index contributed by atoms with van der Waals surface area (Å²) in [5, 5.41) is 14.7. The van der Waals surface area contributed by atoms with Crippen molar-refractivity contribution in [2.24, 2.45) is 4.99 Å². The Labute approximate surface area is 219 Å². The van der Waals surface area contributed by atoms with E-state index in [4.69, 9.17) is 10.00 Å². The van der Waals surface area contributed by atoms with Gasteiger partial charge in [0.2, 0.25) is 5.91 Å². The molecule has 4 rings (SSSR count). The lowest BCUT2D eigenvalue weighted by molar-refractivity contribution is -0.138. The average Bonchev–Trinajstić information content (AvgIpc) is 3.21. The Bertz CT molecular complexity index is 1350. The van der Waals surface area contributed by atoms with Crippen LogP contribution in [0.1, 0.15) is 23.1 Å². The van der Waals surface area contributed by atoms with Crippen molar-refractivity contribution in [2.45, 2.75) is 12.6 Å². The number of hydrogen-bond acceptors (Lipinski definition) is 7. The summed E-state index contributed by atoms with van der Waals surface area (Å²) in [4.78, 5) is 30.4. The molecule has 198 valence electrons. The number of rotatable bonds is 7. The molecular formula is C25H21F4N5O3S. The lowest BCUT2D eigenvalue weighted by Gasteiger charge is -2.25. The number of amides is 2. The molecule has 0 saturated carbocycles. The number of ether oxygens (including phenoxy) is 1. The van der Waals surface area contributed by atoms with Gasteiger partial charge in [-0.3, -0.25) is 19.5 Å². The van der Waals surface area contributed by atoms with Gasteiger partial charge in [0.15, 0.2) is 16.7 Å². The van der Waals surface area contributed by atoms with Crippen LogP contribution < -0.4 is 15.4 Å². The fourth-order valence-corrected chi connectivity index (χ4v) is 4.57. The van der Waals surface area contributed by atoms with E-state index in [-0.39, 0.29) is 16.4 Å². The van der Waals surface area contributed by atoms with Crippen molar-refractivity contribution in [1.82, 2.24) is 15.5 Å². The summed E-state index contributed by atoms with van der Waals surface area (Å²) in [6.45, 7) is 2.89. The Kier molecular flexibility index (Phi) is 8.33. The maximum atomic E-state index is 14.7. The van der Waals surface area contributed by atoms with Crippen LogP contribution >= 0.6 is 11.8 Å². The summed E-state index contributed by atoms with van der Waals surface area (Å²) >= 11 is 1.09. The normalized spacial score (nSPS) is 18.4. The molecule has 2 heterocycles. The SMILES string of the molecule is N#Cc1ccc(Oc2ccc(C=C3SC(=NCCCN4CCNC(=O)C4)NC3=O)cc2F)c(C(F)(F)F)c1. The van der Waals surface area contributed by atoms with Crippen LogP contribution in [0.3, 0.4) is 0 Å². The molecule has 0 aromatic heterocycles. The van der Waals surface area contributed by atoms with Gasteiger partial charge in [-0.1, -0.05) is 6.07 Å². The number of amidine groups is 1. The maximum Gasteiger partial charge on any atom is 0.420 e. The average molecular weight is 548 g/mol. The molecule has 2 aromatic rings. The van der Waals surface area contributed by atoms with Crippen LogP contribution in [0.2, 0.25) is 0 Å². The molecule has 2 aliphatic heterocycles. The standard InChI is InChI=1S/C25H21F4N5O3S/c26-18-11-15(2-5-20(18)37-19-4-3-16(13-30)10-17(19)25(27,28)29)12-21-23(36)33-24(38-21)32-6-1-8-34-9-7-31-22(35)14-34/h2-5,10-12H,1,6-9,14H2,(H,31,35)(H,32,33,36). The van der Waals surface area contributed by atoms with Crippen LogP contribution in [-0.2, 0) is 15.8 Å². The summed E-state index contributed by atoms with van der Waals surface area (Å²) < 4.78 is 60.0. The maximum absolute atomic E-state index is 14.7. The number of nitrogens with zero attached hydrogens (tertiary/aromatic N) is 3. The van der Waals surface area contributed by atoms with Crippen LogP contribution in [0.25, 0.3) is 6.08 Å². The predicted molar refractivity (Wildman–Crippen MR) is 133 cm³/mol. The van der Waals surface area contributed by atoms with Crippen LogP contribution in [0.5, 0.6) is 11.5 Å². The van der Waals surface area contributed by atoms with Gasteiger partial charge in [0.25, 0.3) is 5.91 Å². The molecule has 0 atom stereocenters. The van der Waals surface area contributed by atoms with Crippen LogP contribution in [0.4, 0.5) is 17.6 Å². The molecule has 2 N–H and O–H groups in total. The molecule has 38 heavy (non-hydrogen) atoms. The second-order valence-corrected chi connectivity index (χ2v) is 9.37. The van der Waals surface area contributed by atoms with E-state index >= 15 is 0 Å². The molecule has 2 saturated heterocycles. The Morgan fingerprint density at radius 3 is 2.68 bits per heavy atom. The van der Waals surface area contributed by atoms with E-state index in [1.807, 2.05) is 4.90 Å². The number of aliphatic imine (C=N–C) groups is 1. The number of piperazine rings is 1. The van der Waals surface area contributed by atoms with Gasteiger partial charge in [0, 0.05) is 26.2 Å². The van der Waals surface area contributed by atoms with E-state index in [0.29, 0.717) is 49.4 Å². The smallest absolute Gasteiger partial charge is 0.420 e. The van der Waals surface area contributed by atoms with E-state index in [9.17, 15) is 27.2 Å². The van der Waals surface area contributed by atoms with Crippen molar-refractivity contribution < 1.29 is 31.9 Å². The van der Waals surface area contributed by atoms with Gasteiger partial charge < -0.3 is 15.4 Å². The third-order valence-electron chi connectivity index (χ3n) is 5.54. The van der Waals surface area contributed by atoms with Crippen molar-refractivity contribution in [3.05, 3.63) is 63.8 Å². The lowest BCUT2D eigenvalue weighted by atomic mass is 10.1. The number of nitriles is 1. The van der Waals surface area contributed by atoms with E-state index in [0.717, 1.165) is 42.6 Å². The van der Waals surface area contributed by atoms with Crippen molar-refractivity contribution in [3.8, 4) is 17.6 Å². The highest BCUT2D eigenvalue weighted by molar-refractivity contribution is 8.18. The fourth-order valence-electron chi connectivity index (χ4n) is 3.73. The van der Waals surface area contributed by atoms with Gasteiger partial charge in [-0.25, -0.2) is 4.39 Å². The second kappa shape index (κ2) is 11.7. The van der Waals surface area contributed by atoms with E-state index in [2.05, 4.69) is 15.6 Å². The molecule has 13 heteroatoms. The first-order valence-electron chi connectivity index (χ1n) is 11.5. The number of nitrogens with one attached hydrogen (secondary N) is 2. The zero-order chi connectivity index (χ0) is 27.3. The highest BCUT2D eigenvalue weighted by atomic mass is 32.2. The summed E-state index contributed by atoms with van der Waals surface area (Å²) in [7, 11) is 0. The molecule has 0 bridgehead atoms. The number of hydrogen-bond donors (Lipinski definition) is 2. The first-order valence-corrected chi connectivity index (χ1v) is 12.3. The first-order chi connectivity index (χ1) is 18.1. The molecule has 2 fully saturated rings. The number of alkyl halides is 3. The van der Waals surface area contributed by atoms with E-state index in [1.54, 1.807) is 6.07 Å². The van der Waals surface area contributed by atoms with E-state index < -0.39 is 35.0 Å². The third-order valence-corrected chi connectivity index (χ3v) is 6.49. The summed E-state index contributed by atoms with van der Waals surface area (Å²) in [6.07, 6.45) is -2.67. The van der Waals surface area contributed by atoms with Gasteiger partial charge in [-0.15, -0.1) is 0 Å². The summed E-state index contributed by atoms with van der Waals surface area (Å²) in [5.74, 6) is -2.43. The Balaban J connectivity index is 1.39. The molecule has 0 unspecified atom stereocenters. The van der Waals surface area contributed by atoms with Gasteiger partial charge >= 0.3 is 6.18 Å². The monoisotopic (exact) mass is 547 g/mol. The Morgan fingerprint density at radius 1 is 1.18 bits per heavy atom. The van der Waals surface area contributed by atoms with Crippen molar-refractivity contribution >= 4 is 34.8 Å². The predicted octanol–water partition coefficient (Wildman–Crippen LogP) is 3.89. The molecule has 2 amide bonds. The molecule has 0 aliphatic carbocycles. The summed E-state index contributed by atoms with van der Waals surface area (Å²) in [5.41, 5.74) is -1.11. The highest BCUT2D eigenvalue weighted by Crippen LogP contribution is 2.39. The molecule has 2 aromatic carbocycles. The molecule has 0 radical (unpaired) electrons. The highest BCUT2D eigenvalue weighted by Gasteiger charge is 2.35. The third kappa shape index (κ3) is 6.90. The molecule has 8 nitrogen and oxygen atoms in total. The minimum atomic E-state index is -4.81. The zero-order valence-electron chi connectivity index (χ0n) is 19.8. The van der Waals surface area contributed by atoms with Crippen molar-refractivity contribution in [3.63, 3.8) is 0 Å². The number of carbonyl (C=O) groups excluding carboxylic acids is 2. The first kappa shape index (κ1) is 27.2. The minimum Gasteiger partial charge on any atom is -0.454 e. The number of benzene rings is 2. The zero-order valence-corrected chi connectivity index (χ0v) is 20.6. The number of halogens is 4. The largest absolute Gasteiger partial charge is 0.454 e. The van der Waals surface area contributed by atoms with Crippen LogP contribution in [0.15, 0.2) is 46.3 Å². The quantitative estimate of drug-likeness (QED) is 0.310.